The quantitative estimate of drug-likeness (QED) is 0.924. The third-order valence-corrected chi connectivity index (χ3v) is 4.14. The fourth-order valence-electron chi connectivity index (χ4n) is 2.64. The molecule has 0 unspecified atom stereocenters. The van der Waals surface area contributed by atoms with E-state index in [9.17, 15) is 10.1 Å². The smallest absolute Gasteiger partial charge is 0.323 e. The highest BCUT2D eigenvalue weighted by molar-refractivity contribution is 9.10. The molecule has 1 aliphatic rings. The molecule has 0 aliphatic heterocycles. The maximum atomic E-state index is 11.1. The topological polar surface area (TPSA) is 64.3 Å². The van der Waals surface area contributed by atoms with Crippen LogP contribution >= 0.6 is 15.9 Å². The van der Waals surface area contributed by atoms with Crippen molar-refractivity contribution in [1.82, 2.24) is 0 Å². The van der Waals surface area contributed by atoms with Crippen LogP contribution in [0, 0.1) is 11.3 Å². The number of hydrogen-bond donors (Lipinski definition) is 1. The fourth-order valence-corrected chi connectivity index (χ4v) is 3.08. The number of halogens is 1. The van der Waals surface area contributed by atoms with Gasteiger partial charge in [0.2, 0.25) is 0 Å². The summed E-state index contributed by atoms with van der Waals surface area (Å²) in [5.41, 5.74) is 1.22. The minimum Gasteiger partial charge on any atom is -0.480 e. The minimum atomic E-state index is -0.865. The molecular weight excluding hydrogens is 308 g/mol. The van der Waals surface area contributed by atoms with Crippen molar-refractivity contribution in [3.8, 4) is 6.07 Å². The van der Waals surface area contributed by atoms with E-state index in [1.807, 2.05) is 17.0 Å². The highest BCUT2D eigenvalue weighted by atomic mass is 79.9. The molecule has 1 aromatic rings. The Kier molecular flexibility index (Phi) is 4.43. The predicted molar refractivity (Wildman–Crippen MR) is 76.1 cm³/mol. The molecule has 1 N–H and O–H groups in total. The van der Waals surface area contributed by atoms with Crippen LogP contribution < -0.4 is 4.90 Å². The molecule has 0 atom stereocenters. The van der Waals surface area contributed by atoms with Crippen LogP contribution in [0.4, 0.5) is 5.69 Å². The lowest BCUT2D eigenvalue weighted by Gasteiger charge is -2.30. The Morgan fingerprint density at radius 3 is 2.74 bits per heavy atom. The number of nitriles is 1. The van der Waals surface area contributed by atoms with Gasteiger partial charge >= 0.3 is 5.97 Å². The number of carboxylic acids is 1. The molecule has 0 spiro atoms. The van der Waals surface area contributed by atoms with Gasteiger partial charge in [0.25, 0.3) is 0 Å². The molecule has 5 heteroatoms. The Morgan fingerprint density at radius 1 is 1.47 bits per heavy atom. The lowest BCUT2D eigenvalue weighted by atomic mass is 10.1. The van der Waals surface area contributed by atoms with Gasteiger partial charge in [0.05, 0.1) is 11.3 Å². The molecular formula is C14H15BrN2O2. The normalized spacial score (nSPS) is 15.2. The Balaban J connectivity index is 2.40. The van der Waals surface area contributed by atoms with Crippen LogP contribution in [0.15, 0.2) is 22.7 Å². The molecule has 0 aromatic heterocycles. The Labute approximate surface area is 120 Å². The van der Waals surface area contributed by atoms with Crippen molar-refractivity contribution >= 4 is 27.6 Å². The molecule has 2 rings (SSSR count). The Hall–Kier alpha value is -1.54. The highest BCUT2D eigenvalue weighted by Gasteiger charge is 2.26. The highest BCUT2D eigenvalue weighted by Crippen LogP contribution is 2.33. The number of hydrogen-bond acceptors (Lipinski definition) is 3. The summed E-state index contributed by atoms with van der Waals surface area (Å²) < 4.78 is 0.709. The summed E-state index contributed by atoms with van der Waals surface area (Å²) in [5.74, 6) is -0.865. The molecule has 1 aliphatic carbocycles. The second kappa shape index (κ2) is 6.07. The van der Waals surface area contributed by atoms with Crippen molar-refractivity contribution in [2.75, 3.05) is 11.4 Å². The molecule has 0 heterocycles. The molecule has 0 amide bonds. The van der Waals surface area contributed by atoms with Gasteiger partial charge in [-0.3, -0.25) is 4.79 Å². The van der Waals surface area contributed by atoms with Crippen molar-refractivity contribution in [2.24, 2.45) is 0 Å². The van der Waals surface area contributed by atoms with Crippen LogP contribution in [0.5, 0.6) is 0 Å². The van der Waals surface area contributed by atoms with Crippen LogP contribution in [-0.4, -0.2) is 23.7 Å². The van der Waals surface area contributed by atoms with E-state index in [-0.39, 0.29) is 12.6 Å². The maximum absolute atomic E-state index is 11.1. The van der Waals surface area contributed by atoms with E-state index in [0.29, 0.717) is 15.7 Å². The number of carboxylic acid groups (broad SMARTS) is 1. The second-order valence-corrected chi connectivity index (χ2v) is 5.56. The number of carbonyl (C=O) groups is 1. The summed E-state index contributed by atoms with van der Waals surface area (Å²) in [6.45, 7) is -0.0597. The van der Waals surface area contributed by atoms with E-state index < -0.39 is 5.97 Å². The Morgan fingerprint density at radius 2 is 2.16 bits per heavy atom. The first-order chi connectivity index (χ1) is 9.13. The summed E-state index contributed by atoms with van der Waals surface area (Å²) in [7, 11) is 0. The molecule has 1 aromatic carbocycles. The molecule has 4 nitrogen and oxygen atoms in total. The van der Waals surface area contributed by atoms with Gasteiger partial charge in [0.15, 0.2) is 0 Å². The lowest BCUT2D eigenvalue weighted by Crippen LogP contribution is -2.38. The van der Waals surface area contributed by atoms with Gasteiger partial charge in [0.1, 0.15) is 12.6 Å². The maximum Gasteiger partial charge on any atom is 0.323 e. The third kappa shape index (κ3) is 3.07. The van der Waals surface area contributed by atoms with Gasteiger partial charge in [0, 0.05) is 10.5 Å². The van der Waals surface area contributed by atoms with Crippen LogP contribution in [0.25, 0.3) is 0 Å². The van der Waals surface area contributed by atoms with Crippen molar-refractivity contribution in [3.63, 3.8) is 0 Å². The number of benzene rings is 1. The van der Waals surface area contributed by atoms with E-state index in [2.05, 4.69) is 22.0 Å². The SMILES string of the molecule is N#Cc1c(Br)cccc1N(CC(=O)O)C1CCCC1. The molecule has 0 saturated heterocycles. The van der Waals surface area contributed by atoms with Crippen LogP contribution in [-0.2, 0) is 4.79 Å². The van der Waals surface area contributed by atoms with Gasteiger partial charge in [-0.05, 0) is 40.9 Å². The zero-order valence-corrected chi connectivity index (χ0v) is 12.1. The van der Waals surface area contributed by atoms with Crippen molar-refractivity contribution in [2.45, 2.75) is 31.7 Å². The molecule has 0 bridgehead atoms. The van der Waals surface area contributed by atoms with E-state index in [0.717, 1.165) is 25.7 Å². The van der Waals surface area contributed by atoms with Crippen LogP contribution in [0.3, 0.4) is 0 Å². The first kappa shape index (κ1) is 13.9. The summed E-state index contributed by atoms with van der Waals surface area (Å²) in [6, 6.07) is 7.84. The van der Waals surface area contributed by atoms with Crippen LogP contribution in [0.1, 0.15) is 31.2 Å². The fraction of sp³-hybridized carbons (Fsp3) is 0.429. The number of rotatable bonds is 4. The van der Waals surface area contributed by atoms with Crippen LogP contribution in [0.2, 0.25) is 0 Å². The Bertz CT molecular complexity index is 519. The molecule has 100 valence electrons. The minimum absolute atomic E-state index is 0.0597. The number of anilines is 1. The first-order valence-electron chi connectivity index (χ1n) is 6.30. The predicted octanol–water partition coefficient (Wildman–Crippen LogP) is 3.15. The van der Waals surface area contributed by atoms with Crippen molar-refractivity contribution in [3.05, 3.63) is 28.2 Å². The van der Waals surface area contributed by atoms with Crippen molar-refractivity contribution < 1.29 is 9.90 Å². The lowest BCUT2D eigenvalue weighted by molar-refractivity contribution is -0.135. The summed E-state index contributed by atoms with van der Waals surface area (Å²) >= 11 is 3.35. The van der Waals surface area contributed by atoms with Crippen molar-refractivity contribution in [1.29, 1.82) is 5.26 Å². The monoisotopic (exact) mass is 322 g/mol. The van der Waals surface area contributed by atoms with E-state index in [1.165, 1.54) is 0 Å². The van der Waals surface area contributed by atoms with E-state index in [4.69, 9.17) is 5.11 Å². The molecule has 1 fully saturated rings. The largest absolute Gasteiger partial charge is 0.480 e. The standard InChI is InChI=1S/C14H15BrN2O2/c15-12-6-3-7-13(11(12)8-16)17(9-14(18)19)10-4-1-2-5-10/h3,6-7,10H,1-2,4-5,9H2,(H,18,19). The van der Waals surface area contributed by atoms with Gasteiger partial charge in [-0.15, -0.1) is 0 Å². The molecule has 0 radical (unpaired) electrons. The third-order valence-electron chi connectivity index (χ3n) is 3.48. The first-order valence-corrected chi connectivity index (χ1v) is 7.10. The summed E-state index contributed by atoms with van der Waals surface area (Å²) in [5, 5.41) is 18.4. The average molecular weight is 323 g/mol. The van der Waals surface area contributed by atoms with Gasteiger partial charge < -0.3 is 10.0 Å². The van der Waals surface area contributed by atoms with Gasteiger partial charge in [-0.1, -0.05) is 18.9 Å². The van der Waals surface area contributed by atoms with E-state index >= 15 is 0 Å². The summed E-state index contributed by atoms with van der Waals surface area (Å²) in [6.07, 6.45) is 4.22. The number of nitrogens with zero attached hydrogens (tertiary/aromatic N) is 2. The molecule has 19 heavy (non-hydrogen) atoms. The number of aliphatic carboxylic acids is 1. The van der Waals surface area contributed by atoms with Gasteiger partial charge in [-0.2, -0.15) is 5.26 Å². The summed E-state index contributed by atoms with van der Waals surface area (Å²) in [4.78, 5) is 12.9. The van der Waals surface area contributed by atoms with E-state index in [1.54, 1.807) is 6.07 Å². The average Bonchev–Trinajstić information content (AvgIpc) is 2.89. The van der Waals surface area contributed by atoms with Gasteiger partial charge in [-0.25, -0.2) is 0 Å². The zero-order valence-electron chi connectivity index (χ0n) is 10.5. The second-order valence-electron chi connectivity index (χ2n) is 4.71. The zero-order chi connectivity index (χ0) is 13.8. The molecule has 1 saturated carbocycles.